The van der Waals surface area contributed by atoms with Crippen molar-refractivity contribution in [1.82, 2.24) is 14.7 Å². The molecule has 1 atom stereocenters. The van der Waals surface area contributed by atoms with Crippen LogP contribution in [0.2, 0.25) is 0 Å². The third-order valence-electron chi connectivity index (χ3n) is 3.64. The van der Waals surface area contributed by atoms with E-state index in [0.29, 0.717) is 23.2 Å². The first-order valence-corrected chi connectivity index (χ1v) is 11.5. The molecule has 0 fully saturated rings. The van der Waals surface area contributed by atoms with E-state index < -0.39 is 26.8 Å². The topological polar surface area (TPSA) is 142 Å². The van der Waals surface area contributed by atoms with E-state index in [1.165, 1.54) is 12.4 Å². The predicted molar refractivity (Wildman–Crippen MR) is 110 cm³/mol. The fourth-order valence-corrected chi connectivity index (χ4v) is 4.59. The van der Waals surface area contributed by atoms with Gasteiger partial charge in [0.05, 0.1) is 11.8 Å². The summed E-state index contributed by atoms with van der Waals surface area (Å²) in [5, 5.41) is 15.5. The SMILES string of the molecule is NC[C@H](O)CNCCCCNc1cc(F)c(S(=O)(=O)Nc2ncns2)cc1Br. The summed E-state index contributed by atoms with van der Waals surface area (Å²) in [6.07, 6.45) is 2.31. The van der Waals surface area contributed by atoms with Gasteiger partial charge in [0.25, 0.3) is 10.0 Å². The number of rotatable bonds is 12. The minimum atomic E-state index is -4.11. The van der Waals surface area contributed by atoms with Crippen molar-refractivity contribution in [1.29, 1.82) is 0 Å². The van der Waals surface area contributed by atoms with Gasteiger partial charge < -0.3 is 21.5 Å². The Labute approximate surface area is 175 Å². The van der Waals surface area contributed by atoms with Crippen molar-refractivity contribution >= 4 is 48.3 Å². The summed E-state index contributed by atoms with van der Waals surface area (Å²) < 4.78 is 45.4. The van der Waals surface area contributed by atoms with Gasteiger partial charge in [0.2, 0.25) is 5.13 Å². The number of aromatic nitrogens is 2. The van der Waals surface area contributed by atoms with Crippen molar-refractivity contribution in [2.45, 2.75) is 23.8 Å². The van der Waals surface area contributed by atoms with E-state index in [-0.39, 0.29) is 11.7 Å². The van der Waals surface area contributed by atoms with Gasteiger partial charge in [0.1, 0.15) is 17.0 Å². The Hall–Kier alpha value is -1.38. The van der Waals surface area contributed by atoms with Crippen LogP contribution >= 0.6 is 27.5 Å². The molecule has 0 aliphatic heterocycles. The van der Waals surface area contributed by atoms with E-state index in [4.69, 9.17) is 5.73 Å². The number of benzene rings is 1. The van der Waals surface area contributed by atoms with Crippen LogP contribution in [-0.4, -0.2) is 55.2 Å². The van der Waals surface area contributed by atoms with Crippen molar-refractivity contribution in [3.05, 3.63) is 28.7 Å². The lowest BCUT2D eigenvalue weighted by molar-refractivity contribution is 0.179. The number of nitrogens with two attached hydrogens (primary N) is 1. The van der Waals surface area contributed by atoms with Gasteiger partial charge in [-0.25, -0.2) is 17.8 Å². The molecular weight excluding hydrogens is 475 g/mol. The van der Waals surface area contributed by atoms with Gasteiger partial charge in [-0.05, 0) is 47.4 Å². The molecule has 2 aromatic rings. The molecule has 0 bridgehead atoms. The quantitative estimate of drug-likeness (QED) is 0.277. The maximum absolute atomic E-state index is 14.4. The number of anilines is 2. The third-order valence-corrected chi connectivity index (χ3v) is 6.36. The molecule has 0 saturated heterocycles. The van der Waals surface area contributed by atoms with Gasteiger partial charge in [-0.3, -0.25) is 4.72 Å². The summed E-state index contributed by atoms with van der Waals surface area (Å²) in [7, 11) is -4.11. The molecule has 156 valence electrons. The molecule has 1 aromatic heterocycles. The van der Waals surface area contributed by atoms with Crippen LogP contribution in [0, 0.1) is 5.82 Å². The maximum atomic E-state index is 14.4. The Morgan fingerprint density at radius 1 is 1.32 bits per heavy atom. The molecule has 28 heavy (non-hydrogen) atoms. The Morgan fingerprint density at radius 2 is 2.07 bits per heavy atom. The molecule has 1 aromatic carbocycles. The number of unbranched alkanes of at least 4 members (excludes halogenated alkanes) is 1. The van der Waals surface area contributed by atoms with E-state index >= 15 is 0 Å². The zero-order chi connectivity index (χ0) is 20.6. The van der Waals surface area contributed by atoms with Crippen molar-refractivity contribution < 1.29 is 17.9 Å². The maximum Gasteiger partial charge on any atom is 0.266 e. The summed E-state index contributed by atoms with van der Waals surface area (Å²) in [4.78, 5) is 3.24. The van der Waals surface area contributed by atoms with Crippen LogP contribution in [0.4, 0.5) is 15.2 Å². The highest BCUT2D eigenvalue weighted by atomic mass is 79.9. The molecule has 9 nitrogen and oxygen atoms in total. The molecule has 6 N–H and O–H groups in total. The van der Waals surface area contributed by atoms with Crippen LogP contribution in [0.3, 0.4) is 0 Å². The van der Waals surface area contributed by atoms with Crippen LogP contribution in [0.25, 0.3) is 0 Å². The second kappa shape index (κ2) is 11.0. The van der Waals surface area contributed by atoms with Crippen molar-refractivity contribution in [2.75, 3.05) is 36.2 Å². The summed E-state index contributed by atoms with van der Waals surface area (Å²) in [5.74, 6) is -0.875. The monoisotopic (exact) mass is 496 g/mol. The van der Waals surface area contributed by atoms with Crippen molar-refractivity contribution in [2.24, 2.45) is 5.73 Å². The molecule has 0 saturated carbocycles. The van der Waals surface area contributed by atoms with Gasteiger partial charge in [-0.1, -0.05) is 0 Å². The Bertz CT molecular complexity index is 854. The third kappa shape index (κ3) is 6.90. The fraction of sp³-hybridized carbons (Fsp3) is 0.467. The Kier molecular flexibility index (Phi) is 8.98. The lowest BCUT2D eigenvalue weighted by Gasteiger charge is -2.12. The summed E-state index contributed by atoms with van der Waals surface area (Å²) in [5.41, 5.74) is 5.77. The van der Waals surface area contributed by atoms with E-state index in [1.807, 2.05) is 0 Å². The van der Waals surface area contributed by atoms with Crippen molar-refractivity contribution in [3.8, 4) is 0 Å². The molecular formula is C15H22BrFN6O3S2. The minimum Gasteiger partial charge on any atom is -0.390 e. The van der Waals surface area contributed by atoms with Crippen LogP contribution in [0.5, 0.6) is 0 Å². The number of hydrogen-bond donors (Lipinski definition) is 5. The average Bonchev–Trinajstić information content (AvgIpc) is 3.15. The van der Waals surface area contributed by atoms with Gasteiger partial charge >= 0.3 is 0 Å². The van der Waals surface area contributed by atoms with Gasteiger partial charge in [0.15, 0.2) is 0 Å². The molecule has 0 aliphatic carbocycles. The minimum absolute atomic E-state index is 0.0605. The lowest BCUT2D eigenvalue weighted by atomic mass is 10.2. The summed E-state index contributed by atoms with van der Waals surface area (Å²) >= 11 is 4.13. The van der Waals surface area contributed by atoms with Crippen LogP contribution in [-0.2, 0) is 10.0 Å². The smallest absolute Gasteiger partial charge is 0.266 e. The molecule has 2 rings (SSSR count). The largest absolute Gasteiger partial charge is 0.390 e. The van der Waals surface area contributed by atoms with Gasteiger partial charge in [-0.15, -0.1) is 0 Å². The average molecular weight is 497 g/mol. The zero-order valence-corrected chi connectivity index (χ0v) is 18.1. The molecule has 0 radical (unpaired) electrons. The van der Waals surface area contributed by atoms with Gasteiger partial charge in [-0.2, -0.15) is 4.37 Å². The van der Waals surface area contributed by atoms with E-state index in [0.717, 1.165) is 37.0 Å². The number of sulfonamides is 1. The number of halogens is 2. The normalized spacial score (nSPS) is 12.7. The van der Waals surface area contributed by atoms with Gasteiger partial charge in [0, 0.05) is 35.6 Å². The molecule has 13 heteroatoms. The highest BCUT2D eigenvalue weighted by molar-refractivity contribution is 9.10. The zero-order valence-electron chi connectivity index (χ0n) is 14.9. The first-order valence-electron chi connectivity index (χ1n) is 8.44. The highest BCUT2D eigenvalue weighted by Gasteiger charge is 2.22. The highest BCUT2D eigenvalue weighted by Crippen LogP contribution is 2.29. The van der Waals surface area contributed by atoms with Crippen LogP contribution in [0.15, 0.2) is 27.8 Å². The predicted octanol–water partition coefficient (Wildman–Crippen LogP) is 1.34. The molecule has 0 unspecified atom stereocenters. The lowest BCUT2D eigenvalue weighted by Crippen LogP contribution is -2.33. The Morgan fingerprint density at radius 3 is 2.75 bits per heavy atom. The van der Waals surface area contributed by atoms with Crippen LogP contribution < -0.4 is 21.1 Å². The molecule has 0 amide bonds. The first-order chi connectivity index (χ1) is 13.3. The van der Waals surface area contributed by atoms with Crippen LogP contribution in [0.1, 0.15) is 12.8 Å². The second-order valence-corrected chi connectivity index (χ2v) is 9.13. The van der Waals surface area contributed by atoms with E-state index in [2.05, 4.69) is 40.6 Å². The number of aliphatic hydroxyl groups is 1. The molecule has 0 spiro atoms. The first kappa shape index (κ1) is 22.9. The second-order valence-electron chi connectivity index (χ2n) is 5.84. The Balaban J connectivity index is 1.87. The molecule has 1 heterocycles. The molecule has 0 aliphatic rings. The van der Waals surface area contributed by atoms with Crippen molar-refractivity contribution in [3.63, 3.8) is 0 Å². The standard InChI is InChI=1S/C15H22BrFN6O3S2/c16-11-5-14(28(25,26)23-15-21-9-22-27-15)12(17)6-13(11)20-4-2-1-3-19-8-10(24)7-18/h5-6,9-10,19-20,24H,1-4,7-8,18H2,(H,21,22,23)/t10-/m0/s1. The summed E-state index contributed by atoms with van der Waals surface area (Å²) in [6.45, 7) is 1.97. The number of nitrogens with zero attached hydrogens (tertiary/aromatic N) is 2. The summed E-state index contributed by atoms with van der Waals surface area (Å²) in [6, 6.07) is 2.34. The number of aliphatic hydroxyl groups excluding tert-OH is 1. The fourth-order valence-electron chi connectivity index (χ4n) is 2.21. The number of nitrogens with one attached hydrogen (secondary N) is 3. The number of hydrogen-bond acceptors (Lipinski definition) is 9. The van der Waals surface area contributed by atoms with E-state index in [1.54, 1.807) is 0 Å². The van der Waals surface area contributed by atoms with E-state index in [9.17, 15) is 17.9 Å².